The van der Waals surface area contributed by atoms with E-state index in [9.17, 15) is 13.2 Å². The standard InChI is InChI=1S/C18H16F3N3/c19-18(20,21)16-4-2-1-3-15(16)17-23-9-10-24(17)12-14-7-5-13(11-22)6-8-14/h1-10H,11-12,22H2. The van der Waals surface area contributed by atoms with Gasteiger partial charge in [0, 0.05) is 31.0 Å². The third-order valence-electron chi connectivity index (χ3n) is 3.80. The van der Waals surface area contributed by atoms with Crippen molar-refractivity contribution in [3.8, 4) is 11.4 Å². The molecule has 0 radical (unpaired) electrons. The van der Waals surface area contributed by atoms with Crippen molar-refractivity contribution >= 4 is 0 Å². The zero-order valence-electron chi connectivity index (χ0n) is 12.8. The number of rotatable bonds is 4. The van der Waals surface area contributed by atoms with Crippen molar-refractivity contribution in [2.45, 2.75) is 19.3 Å². The van der Waals surface area contributed by atoms with Gasteiger partial charge in [0.15, 0.2) is 0 Å². The van der Waals surface area contributed by atoms with E-state index in [1.807, 2.05) is 24.3 Å². The number of nitrogens with zero attached hydrogens (tertiary/aromatic N) is 2. The molecule has 0 bridgehead atoms. The molecule has 1 aromatic heterocycles. The van der Waals surface area contributed by atoms with Gasteiger partial charge in [-0.2, -0.15) is 13.2 Å². The summed E-state index contributed by atoms with van der Waals surface area (Å²) in [5, 5.41) is 0. The van der Waals surface area contributed by atoms with Crippen LogP contribution >= 0.6 is 0 Å². The summed E-state index contributed by atoms with van der Waals surface area (Å²) in [7, 11) is 0. The number of alkyl halides is 3. The fraction of sp³-hybridized carbons (Fsp3) is 0.167. The Morgan fingerprint density at radius 3 is 2.29 bits per heavy atom. The molecule has 0 amide bonds. The molecule has 2 aromatic carbocycles. The molecule has 3 aromatic rings. The van der Waals surface area contributed by atoms with Crippen molar-refractivity contribution in [1.82, 2.24) is 9.55 Å². The Labute approximate surface area is 137 Å². The van der Waals surface area contributed by atoms with E-state index >= 15 is 0 Å². The summed E-state index contributed by atoms with van der Waals surface area (Å²) in [6.07, 6.45) is -1.23. The smallest absolute Gasteiger partial charge is 0.327 e. The molecule has 24 heavy (non-hydrogen) atoms. The highest BCUT2D eigenvalue weighted by molar-refractivity contribution is 5.61. The Morgan fingerprint density at radius 1 is 0.958 bits per heavy atom. The summed E-state index contributed by atoms with van der Waals surface area (Å²) in [4.78, 5) is 4.13. The molecule has 2 N–H and O–H groups in total. The van der Waals surface area contributed by atoms with E-state index in [0.29, 0.717) is 18.9 Å². The van der Waals surface area contributed by atoms with E-state index in [1.54, 1.807) is 16.8 Å². The van der Waals surface area contributed by atoms with E-state index in [1.165, 1.54) is 18.3 Å². The Morgan fingerprint density at radius 2 is 1.62 bits per heavy atom. The normalized spacial score (nSPS) is 11.7. The van der Waals surface area contributed by atoms with Crippen LogP contribution in [0.3, 0.4) is 0 Å². The molecule has 0 aliphatic carbocycles. The van der Waals surface area contributed by atoms with Crippen LogP contribution in [0.25, 0.3) is 11.4 Å². The molecule has 3 rings (SSSR count). The molecule has 0 fully saturated rings. The lowest BCUT2D eigenvalue weighted by Crippen LogP contribution is -2.09. The van der Waals surface area contributed by atoms with Crippen molar-refractivity contribution in [3.05, 3.63) is 77.6 Å². The number of nitrogens with two attached hydrogens (primary N) is 1. The number of aromatic nitrogens is 2. The second-order valence-electron chi connectivity index (χ2n) is 5.44. The van der Waals surface area contributed by atoms with Gasteiger partial charge in [0.05, 0.1) is 5.56 Å². The molecule has 3 nitrogen and oxygen atoms in total. The minimum atomic E-state index is -4.42. The van der Waals surface area contributed by atoms with E-state index in [-0.39, 0.29) is 5.56 Å². The van der Waals surface area contributed by atoms with Crippen LogP contribution in [-0.2, 0) is 19.3 Å². The van der Waals surface area contributed by atoms with Gasteiger partial charge in [-0.05, 0) is 17.2 Å². The summed E-state index contributed by atoms with van der Waals surface area (Å²) in [6, 6.07) is 13.1. The largest absolute Gasteiger partial charge is 0.417 e. The van der Waals surface area contributed by atoms with Gasteiger partial charge in [0.1, 0.15) is 5.82 Å². The molecular formula is C18H16F3N3. The second-order valence-corrected chi connectivity index (χ2v) is 5.44. The average molecular weight is 331 g/mol. The van der Waals surface area contributed by atoms with E-state index in [0.717, 1.165) is 17.2 Å². The quantitative estimate of drug-likeness (QED) is 0.783. The monoisotopic (exact) mass is 331 g/mol. The molecule has 0 saturated heterocycles. The molecule has 1 heterocycles. The molecule has 124 valence electrons. The molecule has 0 atom stereocenters. The maximum atomic E-state index is 13.2. The zero-order chi connectivity index (χ0) is 17.2. The number of benzene rings is 2. The summed E-state index contributed by atoms with van der Waals surface area (Å²) in [5.41, 5.74) is 6.94. The SMILES string of the molecule is NCc1ccc(Cn2ccnc2-c2ccccc2C(F)(F)F)cc1. The number of hydrogen-bond acceptors (Lipinski definition) is 2. The fourth-order valence-corrected chi connectivity index (χ4v) is 2.58. The van der Waals surface area contributed by atoms with Crippen molar-refractivity contribution in [2.24, 2.45) is 5.73 Å². The summed E-state index contributed by atoms with van der Waals surface area (Å²) in [5.74, 6) is 0.297. The minimum absolute atomic E-state index is 0.0774. The topological polar surface area (TPSA) is 43.8 Å². The van der Waals surface area contributed by atoms with Crippen LogP contribution in [0.2, 0.25) is 0 Å². The maximum Gasteiger partial charge on any atom is 0.417 e. The predicted molar refractivity (Wildman–Crippen MR) is 86.1 cm³/mol. The summed E-state index contributed by atoms with van der Waals surface area (Å²) >= 11 is 0. The fourth-order valence-electron chi connectivity index (χ4n) is 2.58. The van der Waals surface area contributed by atoms with Gasteiger partial charge in [-0.15, -0.1) is 0 Å². The highest BCUT2D eigenvalue weighted by Crippen LogP contribution is 2.36. The molecule has 0 aliphatic heterocycles. The first-order valence-electron chi connectivity index (χ1n) is 7.44. The van der Waals surface area contributed by atoms with Crippen LogP contribution in [0.5, 0.6) is 0 Å². The average Bonchev–Trinajstić information content (AvgIpc) is 3.03. The summed E-state index contributed by atoms with van der Waals surface area (Å²) in [6.45, 7) is 0.891. The first-order chi connectivity index (χ1) is 11.5. The lowest BCUT2D eigenvalue weighted by Gasteiger charge is -2.14. The molecule has 6 heteroatoms. The Bertz CT molecular complexity index is 820. The van der Waals surface area contributed by atoms with Crippen molar-refractivity contribution in [3.63, 3.8) is 0 Å². The highest BCUT2D eigenvalue weighted by atomic mass is 19.4. The second kappa shape index (κ2) is 6.49. The van der Waals surface area contributed by atoms with E-state index in [2.05, 4.69) is 4.98 Å². The third kappa shape index (κ3) is 3.33. The first-order valence-corrected chi connectivity index (χ1v) is 7.44. The Balaban J connectivity index is 1.96. The predicted octanol–water partition coefficient (Wildman–Crippen LogP) is 4.08. The number of imidazole rings is 1. The van der Waals surface area contributed by atoms with Crippen molar-refractivity contribution in [2.75, 3.05) is 0 Å². The first kappa shape index (κ1) is 16.3. The Kier molecular flexibility index (Phi) is 4.40. The van der Waals surface area contributed by atoms with Gasteiger partial charge in [0.25, 0.3) is 0 Å². The van der Waals surface area contributed by atoms with Crippen LogP contribution in [0.15, 0.2) is 60.9 Å². The zero-order valence-corrected chi connectivity index (χ0v) is 12.8. The van der Waals surface area contributed by atoms with Crippen LogP contribution in [0.1, 0.15) is 16.7 Å². The van der Waals surface area contributed by atoms with Crippen LogP contribution in [0, 0.1) is 0 Å². The van der Waals surface area contributed by atoms with Crippen molar-refractivity contribution in [1.29, 1.82) is 0 Å². The van der Waals surface area contributed by atoms with Gasteiger partial charge >= 0.3 is 6.18 Å². The van der Waals surface area contributed by atoms with Gasteiger partial charge in [0.2, 0.25) is 0 Å². The lowest BCUT2D eigenvalue weighted by molar-refractivity contribution is -0.137. The molecular weight excluding hydrogens is 315 g/mol. The Hall–Kier alpha value is -2.60. The van der Waals surface area contributed by atoms with Gasteiger partial charge in [-0.1, -0.05) is 42.5 Å². The maximum absolute atomic E-state index is 13.2. The van der Waals surface area contributed by atoms with Crippen molar-refractivity contribution < 1.29 is 13.2 Å². The van der Waals surface area contributed by atoms with Crippen LogP contribution in [-0.4, -0.2) is 9.55 Å². The van der Waals surface area contributed by atoms with Gasteiger partial charge in [-0.3, -0.25) is 0 Å². The molecule has 0 saturated carbocycles. The third-order valence-corrected chi connectivity index (χ3v) is 3.80. The molecule has 0 aliphatic rings. The highest BCUT2D eigenvalue weighted by Gasteiger charge is 2.34. The summed E-state index contributed by atoms with van der Waals surface area (Å²) < 4.78 is 41.4. The van der Waals surface area contributed by atoms with Gasteiger partial charge in [-0.25, -0.2) is 4.98 Å². The number of hydrogen-bond donors (Lipinski definition) is 1. The number of halogens is 3. The minimum Gasteiger partial charge on any atom is -0.327 e. The van der Waals surface area contributed by atoms with Crippen LogP contribution in [0.4, 0.5) is 13.2 Å². The molecule has 0 spiro atoms. The van der Waals surface area contributed by atoms with E-state index < -0.39 is 11.7 Å². The lowest BCUT2D eigenvalue weighted by atomic mass is 10.1. The van der Waals surface area contributed by atoms with E-state index in [4.69, 9.17) is 5.73 Å². The van der Waals surface area contributed by atoms with Gasteiger partial charge < -0.3 is 10.3 Å². The van der Waals surface area contributed by atoms with Crippen LogP contribution < -0.4 is 5.73 Å². The molecule has 0 unspecified atom stereocenters.